The first kappa shape index (κ1) is 14.6. The van der Waals surface area contributed by atoms with Crippen molar-refractivity contribution in [2.75, 3.05) is 0 Å². The lowest BCUT2D eigenvalue weighted by molar-refractivity contribution is 0.0696. The second kappa shape index (κ2) is 5.68. The van der Waals surface area contributed by atoms with Crippen LogP contribution >= 0.6 is 23.4 Å². The van der Waals surface area contributed by atoms with Crippen LogP contribution in [-0.2, 0) is 0 Å². The molecule has 106 valence electrons. The Morgan fingerprint density at radius 2 is 2.25 bits per heavy atom. The summed E-state index contributed by atoms with van der Waals surface area (Å²) < 4.78 is 1.46. The van der Waals surface area contributed by atoms with Crippen molar-refractivity contribution in [3.05, 3.63) is 33.3 Å². The lowest BCUT2D eigenvalue weighted by atomic mass is 10.3. The summed E-state index contributed by atoms with van der Waals surface area (Å²) in [5, 5.41) is 16.1. The summed E-state index contributed by atoms with van der Waals surface area (Å²) in [4.78, 5) is 26.6. The van der Waals surface area contributed by atoms with Gasteiger partial charge in [0.15, 0.2) is 5.16 Å². The molecule has 0 spiro atoms. The Morgan fingerprint density at radius 1 is 1.55 bits per heavy atom. The average molecular weight is 315 g/mol. The third-order valence-electron chi connectivity index (χ3n) is 2.44. The van der Waals surface area contributed by atoms with Crippen molar-refractivity contribution < 1.29 is 9.90 Å². The van der Waals surface area contributed by atoms with Crippen molar-refractivity contribution in [2.24, 2.45) is 0 Å². The molecule has 0 bridgehead atoms. The number of H-pyrrole nitrogens is 1. The molecule has 7 nitrogen and oxygen atoms in total. The molecular formula is C11H11ClN4O3S. The fourth-order valence-corrected chi connectivity index (χ4v) is 2.69. The number of carboxylic acids is 1. The number of nitrogens with zero attached hydrogens (tertiary/aromatic N) is 3. The quantitative estimate of drug-likeness (QED) is 0.895. The summed E-state index contributed by atoms with van der Waals surface area (Å²) in [6.07, 6.45) is 1.26. The van der Waals surface area contributed by atoms with E-state index in [0.29, 0.717) is 10.2 Å². The van der Waals surface area contributed by atoms with Crippen LogP contribution in [-0.4, -0.2) is 30.8 Å². The number of halogens is 1. The summed E-state index contributed by atoms with van der Waals surface area (Å²) in [5.41, 5.74) is -0.368. The maximum absolute atomic E-state index is 11.6. The van der Waals surface area contributed by atoms with Crippen LogP contribution in [0.5, 0.6) is 0 Å². The molecular weight excluding hydrogens is 304 g/mol. The molecule has 20 heavy (non-hydrogen) atoms. The largest absolute Gasteiger partial charge is 0.478 e. The molecule has 0 aliphatic carbocycles. The first-order valence-corrected chi connectivity index (χ1v) is 6.83. The number of aromatic carboxylic acids is 1. The summed E-state index contributed by atoms with van der Waals surface area (Å²) in [7, 11) is 0. The minimum absolute atomic E-state index is 0.0434. The first-order valence-electron chi connectivity index (χ1n) is 5.63. The predicted octanol–water partition coefficient (Wildman–Crippen LogP) is 2.05. The highest BCUT2D eigenvalue weighted by atomic mass is 35.5. The van der Waals surface area contributed by atoms with Gasteiger partial charge in [0.05, 0.1) is 10.6 Å². The topological polar surface area (TPSA) is 101 Å². The number of hydrogen-bond donors (Lipinski definition) is 2. The molecule has 0 aromatic carbocycles. The third-order valence-corrected chi connectivity index (χ3v) is 3.65. The molecule has 2 heterocycles. The molecule has 0 saturated carbocycles. The maximum Gasteiger partial charge on any atom is 0.344 e. The van der Waals surface area contributed by atoms with Crippen LogP contribution in [0, 0.1) is 0 Å². The van der Waals surface area contributed by atoms with Crippen molar-refractivity contribution >= 4 is 29.3 Å². The first-order chi connectivity index (χ1) is 9.40. The van der Waals surface area contributed by atoms with Gasteiger partial charge in [-0.25, -0.2) is 19.7 Å². The number of aromatic nitrogens is 4. The van der Waals surface area contributed by atoms with Crippen LogP contribution in [0.4, 0.5) is 0 Å². The molecule has 2 aromatic rings. The Kier molecular flexibility index (Phi) is 4.15. The Morgan fingerprint density at radius 3 is 2.85 bits per heavy atom. The Hall–Kier alpha value is -1.80. The predicted molar refractivity (Wildman–Crippen MR) is 73.6 cm³/mol. The molecule has 0 fully saturated rings. The highest BCUT2D eigenvalue weighted by Gasteiger charge is 2.16. The van der Waals surface area contributed by atoms with Gasteiger partial charge in [-0.3, -0.25) is 4.57 Å². The molecule has 0 unspecified atom stereocenters. The zero-order valence-corrected chi connectivity index (χ0v) is 12.2. The third kappa shape index (κ3) is 2.86. The van der Waals surface area contributed by atoms with E-state index in [2.05, 4.69) is 15.2 Å². The number of rotatable bonds is 4. The fraction of sp³-hybridized carbons (Fsp3) is 0.273. The zero-order chi connectivity index (χ0) is 14.9. The maximum atomic E-state index is 11.6. The van der Waals surface area contributed by atoms with Gasteiger partial charge in [-0.05, 0) is 31.7 Å². The van der Waals surface area contributed by atoms with E-state index in [1.54, 1.807) is 0 Å². The van der Waals surface area contributed by atoms with Crippen LogP contribution in [0.3, 0.4) is 0 Å². The number of aromatic amines is 1. The fourth-order valence-electron chi connectivity index (χ4n) is 1.55. The van der Waals surface area contributed by atoms with Gasteiger partial charge in [0.1, 0.15) is 5.03 Å². The SMILES string of the molecule is CC(C)n1c(Sc2cc(C(=O)O)c(Cl)cn2)n[nH]c1=O. The molecule has 2 N–H and O–H groups in total. The summed E-state index contributed by atoms with van der Waals surface area (Å²) in [6.45, 7) is 3.69. The van der Waals surface area contributed by atoms with Crippen LogP contribution in [0.2, 0.25) is 5.02 Å². The summed E-state index contributed by atoms with van der Waals surface area (Å²) in [5.74, 6) is -1.14. The van der Waals surface area contributed by atoms with Crippen LogP contribution in [0.15, 0.2) is 27.2 Å². The minimum atomic E-state index is -1.14. The number of pyridine rings is 1. The summed E-state index contributed by atoms with van der Waals surface area (Å²) >= 11 is 6.84. The van der Waals surface area contributed by atoms with Crippen molar-refractivity contribution in [1.29, 1.82) is 0 Å². The standard InChI is InChI=1S/C11H11ClN4O3S/c1-5(2)16-10(19)14-15-11(16)20-8-3-6(9(17)18)7(12)4-13-8/h3-5H,1-2H3,(H,14,19)(H,17,18). The van der Waals surface area contributed by atoms with Gasteiger partial charge in [-0.2, -0.15) is 0 Å². The number of carboxylic acid groups (broad SMARTS) is 1. The highest BCUT2D eigenvalue weighted by molar-refractivity contribution is 7.99. The molecule has 0 atom stereocenters. The van der Waals surface area contributed by atoms with Crippen molar-refractivity contribution in [1.82, 2.24) is 19.7 Å². The van der Waals surface area contributed by atoms with Gasteiger partial charge in [-0.1, -0.05) is 11.6 Å². The molecule has 0 amide bonds. The van der Waals surface area contributed by atoms with E-state index < -0.39 is 5.97 Å². The lowest BCUT2D eigenvalue weighted by Crippen LogP contribution is -2.19. The Labute approximate surface area is 123 Å². The van der Waals surface area contributed by atoms with Gasteiger partial charge in [0, 0.05) is 12.2 Å². The van der Waals surface area contributed by atoms with E-state index in [1.807, 2.05) is 13.8 Å². The highest BCUT2D eigenvalue weighted by Crippen LogP contribution is 2.27. The van der Waals surface area contributed by atoms with E-state index in [1.165, 1.54) is 16.8 Å². The number of nitrogens with one attached hydrogen (secondary N) is 1. The molecule has 0 aliphatic heterocycles. The Balaban J connectivity index is 2.38. The normalized spacial score (nSPS) is 11.0. The lowest BCUT2D eigenvalue weighted by Gasteiger charge is -2.08. The average Bonchev–Trinajstić information content (AvgIpc) is 2.72. The molecule has 2 rings (SSSR count). The van der Waals surface area contributed by atoms with Crippen LogP contribution in [0.25, 0.3) is 0 Å². The van der Waals surface area contributed by atoms with E-state index in [9.17, 15) is 9.59 Å². The molecule has 0 aliphatic rings. The van der Waals surface area contributed by atoms with Crippen molar-refractivity contribution in [3.8, 4) is 0 Å². The number of hydrogen-bond acceptors (Lipinski definition) is 5. The molecule has 9 heteroatoms. The summed E-state index contributed by atoms with van der Waals surface area (Å²) in [6, 6.07) is 1.27. The molecule has 2 aromatic heterocycles. The van der Waals surface area contributed by atoms with Crippen LogP contribution < -0.4 is 5.69 Å². The van der Waals surface area contributed by atoms with Crippen LogP contribution in [0.1, 0.15) is 30.2 Å². The van der Waals surface area contributed by atoms with Crippen molar-refractivity contribution in [2.45, 2.75) is 30.1 Å². The van der Waals surface area contributed by atoms with Gasteiger partial charge < -0.3 is 5.11 Å². The van der Waals surface area contributed by atoms with Gasteiger partial charge >= 0.3 is 11.7 Å². The molecule has 0 radical (unpaired) electrons. The van der Waals surface area contributed by atoms with E-state index in [0.717, 1.165) is 11.8 Å². The second-order valence-corrected chi connectivity index (χ2v) is 5.58. The van der Waals surface area contributed by atoms with E-state index in [4.69, 9.17) is 16.7 Å². The van der Waals surface area contributed by atoms with E-state index >= 15 is 0 Å². The van der Waals surface area contributed by atoms with E-state index in [-0.39, 0.29) is 22.3 Å². The Bertz CT molecular complexity index is 710. The van der Waals surface area contributed by atoms with Gasteiger partial charge in [0.2, 0.25) is 0 Å². The van der Waals surface area contributed by atoms with Gasteiger partial charge in [0.25, 0.3) is 0 Å². The van der Waals surface area contributed by atoms with Crippen molar-refractivity contribution in [3.63, 3.8) is 0 Å². The monoisotopic (exact) mass is 314 g/mol. The minimum Gasteiger partial charge on any atom is -0.478 e. The van der Waals surface area contributed by atoms with Gasteiger partial charge in [-0.15, -0.1) is 5.10 Å². The zero-order valence-electron chi connectivity index (χ0n) is 10.6. The second-order valence-electron chi connectivity index (χ2n) is 4.18. The number of carbonyl (C=O) groups is 1. The molecule has 0 saturated heterocycles. The smallest absolute Gasteiger partial charge is 0.344 e.